The lowest BCUT2D eigenvalue weighted by Crippen LogP contribution is -2.51. The minimum Gasteiger partial charge on any atom is -0.381 e. The summed E-state index contributed by atoms with van der Waals surface area (Å²) in [6, 6.07) is 0. The van der Waals surface area contributed by atoms with Gasteiger partial charge in [-0.1, -0.05) is 6.92 Å². The number of carbonyl (C=O) groups excluding carboxylic acids is 1. The molecule has 2 rings (SSSR count). The van der Waals surface area contributed by atoms with E-state index in [1.807, 2.05) is 11.8 Å². The van der Waals surface area contributed by atoms with Gasteiger partial charge in [-0.15, -0.1) is 0 Å². The number of hydrogen-bond acceptors (Lipinski definition) is 3. The molecule has 0 unspecified atom stereocenters. The van der Waals surface area contributed by atoms with Crippen LogP contribution in [0.2, 0.25) is 0 Å². The topological polar surface area (TPSA) is 41.6 Å². The molecule has 0 radical (unpaired) electrons. The molecule has 0 aromatic carbocycles. The highest BCUT2D eigenvalue weighted by molar-refractivity contribution is 5.80. The van der Waals surface area contributed by atoms with Gasteiger partial charge in [0.25, 0.3) is 0 Å². The van der Waals surface area contributed by atoms with E-state index in [0.717, 1.165) is 39.4 Å². The Morgan fingerprint density at radius 3 is 2.75 bits per heavy atom. The summed E-state index contributed by atoms with van der Waals surface area (Å²) in [6.45, 7) is 9.32. The summed E-state index contributed by atoms with van der Waals surface area (Å²) in [4.78, 5) is 14.1. The number of rotatable bonds is 4. The van der Waals surface area contributed by atoms with Crippen LogP contribution in [0.3, 0.4) is 0 Å². The van der Waals surface area contributed by atoms with E-state index < -0.39 is 0 Å². The number of hydrogen-bond donors (Lipinski definition) is 1. The molecule has 2 heterocycles. The Bertz CT molecular complexity index is 253. The summed E-state index contributed by atoms with van der Waals surface area (Å²) in [6.07, 6.45) is 0. The van der Waals surface area contributed by atoms with Gasteiger partial charge in [0.1, 0.15) is 0 Å². The van der Waals surface area contributed by atoms with E-state index in [-0.39, 0.29) is 5.92 Å². The number of nitrogens with zero attached hydrogens (tertiary/aromatic N) is 1. The fourth-order valence-electron chi connectivity index (χ4n) is 2.42. The van der Waals surface area contributed by atoms with Crippen molar-refractivity contribution in [3.05, 3.63) is 0 Å². The summed E-state index contributed by atoms with van der Waals surface area (Å²) in [5.74, 6) is 1.67. The molecule has 1 amide bonds. The Labute approximate surface area is 97.3 Å². The van der Waals surface area contributed by atoms with Crippen LogP contribution in [0.5, 0.6) is 0 Å². The quantitative estimate of drug-likeness (QED) is 0.751. The lowest BCUT2D eigenvalue weighted by molar-refractivity contribution is -0.136. The first-order valence-electron chi connectivity index (χ1n) is 6.29. The predicted octanol–water partition coefficient (Wildman–Crippen LogP) is 0.337. The third kappa shape index (κ3) is 2.38. The van der Waals surface area contributed by atoms with Crippen LogP contribution in [-0.4, -0.2) is 50.2 Å². The Kier molecular flexibility index (Phi) is 3.82. The van der Waals surface area contributed by atoms with Crippen LogP contribution in [0.1, 0.15) is 13.8 Å². The largest absolute Gasteiger partial charge is 0.381 e. The predicted molar refractivity (Wildman–Crippen MR) is 62.1 cm³/mol. The van der Waals surface area contributed by atoms with Crippen molar-refractivity contribution < 1.29 is 9.53 Å². The Morgan fingerprint density at radius 1 is 1.44 bits per heavy atom. The second kappa shape index (κ2) is 5.15. The normalized spacial score (nSPS) is 30.5. The maximum atomic E-state index is 12.0. The summed E-state index contributed by atoms with van der Waals surface area (Å²) < 4.78 is 5.47. The Hall–Kier alpha value is -0.610. The first kappa shape index (κ1) is 11.9. The third-order valence-electron chi connectivity index (χ3n) is 3.75. The fourth-order valence-corrected chi connectivity index (χ4v) is 2.42. The zero-order chi connectivity index (χ0) is 11.5. The molecule has 2 atom stereocenters. The van der Waals surface area contributed by atoms with Crippen molar-refractivity contribution in [3.8, 4) is 0 Å². The maximum absolute atomic E-state index is 12.0. The molecule has 0 bridgehead atoms. The second-order valence-electron chi connectivity index (χ2n) is 5.00. The summed E-state index contributed by atoms with van der Waals surface area (Å²) >= 11 is 0. The molecular formula is C12H22N2O2. The highest BCUT2D eigenvalue weighted by Gasteiger charge is 2.36. The van der Waals surface area contributed by atoms with Gasteiger partial charge in [0.05, 0.1) is 12.5 Å². The smallest absolute Gasteiger partial charge is 0.228 e. The highest BCUT2D eigenvalue weighted by atomic mass is 16.5. The molecule has 2 aliphatic heterocycles. The van der Waals surface area contributed by atoms with Gasteiger partial charge in [0.15, 0.2) is 0 Å². The fraction of sp³-hybridized carbons (Fsp3) is 0.917. The van der Waals surface area contributed by atoms with Crippen molar-refractivity contribution in [1.29, 1.82) is 0 Å². The lowest BCUT2D eigenvalue weighted by atomic mass is 9.99. The maximum Gasteiger partial charge on any atom is 0.228 e. The summed E-state index contributed by atoms with van der Waals surface area (Å²) in [5.41, 5.74) is 0. The van der Waals surface area contributed by atoms with Gasteiger partial charge in [0.2, 0.25) is 5.91 Å². The van der Waals surface area contributed by atoms with Crippen molar-refractivity contribution in [2.24, 2.45) is 17.8 Å². The van der Waals surface area contributed by atoms with Crippen LogP contribution in [-0.2, 0) is 9.53 Å². The summed E-state index contributed by atoms with van der Waals surface area (Å²) in [7, 11) is 0. The molecule has 2 aliphatic rings. The molecule has 4 heteroatoms. The molecule has 1 N–H and O–H groups in total. The molecule has 2 fully saturated rings. The first-order valence-corrected chi connectivity index (χ1v) is 6.29. The lowest BCUT2D eigenvalue weighted by Gasteiger charge is -2.30. The third-order valence-corrected chi connectivity index (χ3v) is 3.75. The molecule has 16 heavy (non-hydrogen) atoms. The number of carbonyl (C=O) groups is 1. The standard InChI is InChI=1S/C12H22N2O2/c1-3-16-8-11-7-14(6-9(11)2)12(15)10-4-13-5-10/h9-11,13H,3-8H2,1-2H3/t9-,11+/m0/s1. The number of amides is 1. The molecule has 0 aromatic heterocycles. The number of ether oxygens (including phenoxy) is 1. The monoisotopic (exact) mass is 226 g/mol. The van der Waals surface area contributed by atoms with Crippen LogP contribution in [0.4, 0.5) is 0 Å². The van der Waals surface area contributed by atoms with E-state index >= 15 is 0 Å². The van der Waals surface area contributed by atoms with Gasteiger partial charge in [0, 0.05) is 38.7 Å². The molecule has 0 spiro atoms. The van der Waals surface area contributed by atoms with Gasteiger partial charge < -0.3 is 15.0 Å². The van der Waals surface area contributed by atoms with E-state index in [9.17, 15) is 4.79 Å². The van der Waals surface area contributed by atoms with Crippen molar-refractivity contribution >= 4 is 5.91 Å². The minimum atomic E-state index is 0.234. The van der Waals surface area contributed by atoms with Gasteiger partial charge in [-0.2, -0.15) is 0 Å². The number of nitrogens with one attached hydrogen (secondary N) is 1. The van der Waals surface area contributed by atoms with Crippen LogP contribution in [0.15, 0.2) is 0 Å². The van der Waals surface area contributed by atoms with Crippen LogP contribution < -0.4 is 5.32 Å². The SMILES string of the molecule is CCOC[C@H]1CN(C(=O)C2CNC2)C[C@@H]1C. The van der Waals surface area contributed by atoms with E-state index in [1.54, 1.807) is 0 Å². The van der Waals surface area contributed by atoms with E-state index in [0.29, 0.717) is 17.7 Å². The van der Waals surface area contributed by atoms with Crippen LogP contribution in [0.25, 0.3) is 0 Å². The van der Waals surface area contributed by atoms with Crippen LogP contribution >= 0.6 is 0 Å². The van der Waals surface area contributed by atoms with Gasteiger partial charge >= 0.3 is 0 Å². The molecular weight excluding hydrogens is 204 g/mol. The molecule has 0 saturated carbocycles. The Morgan fingerprint density at radius 2 is 2.19 bits per heavy atom. The van der Waals surface area contributed by atoms with Crippen molar-refractivity contribution in [3.63, 3.8) is 0 Å². The van der Waals surface area contributed by atoms with E-state index in [4.69, 9.17) is 4.74 Å². The Balaban J connectivity index is 1.82. The first-order chi connectivity index (χ1) is 7.72. The average molecular weight is 226 g/mol. The molecule has 4 nitrogen and oxygen atoms in total. The van der Waals surface area contributed by atoms with Crippen molar-refractivity contribution in [2.45, 2.75) is 13.8 Å². The zero-order valence-electron chi connectivity index (χ0n) is 10.2. The van der Waals surface area contributed by atoms with Gasteiger partial charge in [-0.3, -0.25) is 4.79 Å². The zero-order valence-corrected chi connectivity index (χ0v) is 10.2. The molecule has 92 valence electrons. The summed E-state index contributed by atoms with van der Waals surface area (Å²) in [5, 5.41) is 3.15. The van der Waals surface area contributed by atoms with Crippen molar-refractivity contribution in [2.75, 3.05) is 39.4 Å². The molecule has 0 aromatic rings. The van der Waals surface area contributed by atoms with E-state index in [2.05, 4.69) is 12.2 Å². The molecule has 0 aliphatic carbocycles. The van der Waals surface area contributed by atoms with Crippen molar-refractivity contribution in [1.82, 2.24) is 10.2 Å². The van der Waals surface area contributed by atoms with Gasteiger partial charge in [-0.25, -0.2) is 0 Å². The average Bonchev–Trinajstić information content (AvgIpc) is 2.54. The molecule has 2 saturated heterocycles. The number of likely N-dealkylation sites (tertiary alicyclic amines) is 1. The van der Waals surface area contributed by atoms with E-state index in [1.165, 1.54) is 0 Å². The van der Waals surface area contributed by atoms with Gasteiger partial charge in [-0.05, 0) is 12.8 Å². The minimum absolute atomic E-state index is 0.234. The van der Waals surface area contributed by atoms with Crippen LogP contribution in [0, 0.1) is 17.8 Å². The second-order valence-corrected chi connectivity index (χ2v) is 5.00. The highest BCUT2D eigenvalue weighted by Crippen LogP contribution is 2.25.